The van der Waals surface area contributed by atoms with Crippen molar-refractivity contribution in [3.05, 3.63) is 71.8 Å². The van der Waals surface area contributed by atoms with E-state index < -0.39 is 6.10 Å². The van der Waals surface area contributed by atoms with E-state index in [1.807, 2.05) is 24.3 Å². The van der Waals surface area contributed by atoms with E-state index in [1.54, 1.807) is 25.1 Å². The highest BCUT2D eigenvalue weighted by atomic mass is 16.7. The highest BCUT2D eigenvalue weighted by Gasteiger charge is 2.21. The topological polar surface area (TPSA) is 82.6 Å². The number of carbonyl (C=O) groups excluding carboxylic acids is 1. The minimum absolute atomic E-state index is 0.177. The lowest BCUT2D eigenvalue weighted by Crippen LogP contribution is -2.30. The minimum atomic E-state index is -0.792. The highest BCUT2D eigenvalue weighted by Crippen LogP contribution is 2.35. The van der Waals surface area contributed by atoms with Crippen LogP contribution in [0.1, 0.15) is 18.1 Å². The summed E-state index contributed by atoms with van der Waals surface area (Å²) in [5.41, 5.74) is 4.68. The molecule has 4 aromatic rings. The molecule has 0 bridgehead atoms. The third kappa shape index (κ3) is 4.05. The maximum atomic E-state index is 12.8. The number of rotatable bonds is 5. The molecule has 2 heterocycles. The summed E-state index contributed by atoms with van der Waals surface area (Å²) in [6.07, 6.45) is -0.792. The van der Waals surface area contributed by atoms with Crippen molar-refractivity contribution >= 4 is 22.4 Å². The fraction of sp³-hybridized carbons (Fsp3) is 0.192. The zero-order valence-electron chi connectivity index (χ0n) is 18.6. The second-order valence-electron chi connectivity index (χ2n) is 8.04. The average Bonchev–Trinajstić information content (AvgIpc) is 3.29. The van der Waals surface area contributed by atoms with Gasteiger partial charge in [-0.2, -0.15) is 0 Å². The first-order valence-corrected chi connectivity index (χ1v) is 10.7. The molecule has 5 rings (SSSR count). The fourth-order valence-corrected chi connectivity index (χ4v) is 3.80. The van der Waals surface area contributed by atoms with Crippen LogP contribution in [0.2, 0.25) is 0 Å². The third-order valence-electron chi connectivity index (χ3n) is 5.60. The summed E-state index contributed by atoms with van der Waals surface area (Å²) in [5.74, 6) is 1.26. The number of hydrogen-bond donors (Lipinski definition) is 1. The second-order valence-corrected chi connectivity index (χ2v) is 8.04. The molecule has 1 N–H and O–H groups in total. The Kier molecular flexibility index (Phi) is 5.30. The maximum Gasteiger partial charge on any atom is 0.265 e. The molecule has 1 atom stereocenters. The standard InChI is InChI=1S/C26H23N3O4/c1-15-8-9-16(2)21(12-15)24-19-6-4-5-7-20(19)26(29-28-24)33-17(3)25(30)27-18-10-11-22-23(13-18)32-14-31-22/h4-13,17H,14H2,1-3H3,(H,27,30)/t17-/m1/s1. The fourth-order valence-electron chi connectivity index (χ4n) is 3.80. The number of carbonyl (C=O) groups is 1. The molecule has 166 valence electrons. The Morgan fingerprint density at radius 1 is 0.970 bits per heavy atom. The van der Waals surface area contributed by atoms with Crippen molar-refractivity contribution in [2.24, 2.45) is 0 Å². The number of fused-ring (bicyclic) bond motifs is 2. The van der Waals surface area contributed by atoms with Gasteiger partial charge < -0.3 is 19.5 Å². The van der Waals surface area contributed by atoms with E-state index in [4.69, 9.17) is 14.2 Å². The third-order valence-corrected chi connectivity index (χ3v) is 5.60. The zero-order valence-corrected chi connectivity index (χ0v) is 18.6. The molecule has 0 aliphatic carbocycles. The molecule has 1 aliphatic heterocycles. The Balaban J connectivity index is 1.41. The molecule has 3 aromatic carbocycles. The number of benzene rings is 3. The molecule has 7 nitrogen and oxygen atoms in total. The van der Waals surface area contributed by atoms with Crippen LogP contribution in [-0.2, 0) is 4.79 Å². The number of nitrogens with one attached hydrogen (secondary N) is 1. The van der Waals surface area contributed by atoms with E-state index in [0.29, 0.717) is 23.1 Å². The van der Waals surface area contributed by atoms with Crippen molar-refractivity contribution in [3.63, 3.8) is 0 Å². The van der Waals surface area contributed by atoms with Gasteiger partial charge in [0.2, 0.25) is 12.7 Å². The van der Waals surface area contributed by atoms with E-state index in [-0.39, 0.29) is 12.7 Å². The molecule has 0 saturated carbocycles. The van der Waals surface area contributed by atoms with Crippen molar-refractivity contribution in [2.45, 2.75) is 26.9 Å². The van der Waals surface area contributed by atoms with Crippen LogP contribution in [-0.4, -0.2) is 29.0 Å². The Hall–Kier alpha value is -4.13. The molecule has 0 spiro atoms. The lowest BCUT2D eigenvalue weighted by Gasteiger charge is -2.16. The number of aromatic nitrogens is 2. The largest absolute Gasteiger partial charge is 0.463 e. The van der Waals surface area contributed by atoms with Crippen molar-refractivity contribution in [2.75, 3.05) is 12.1 Å². The van der Waals surface area contributed by atoms with Crippen LogP contribution in [0.4, 0.5) is 5.69 Å². The van der Waals surface area contributed by atoms with Crippen LogP contribution in [0.15, 0.2) is 60.7 Å². The lowest BCUT2D eigenvalue weighted by molar-refractivity contribution is -0.122. The van der Waals surface area contributed by atoms with E-state index in [2.05, 4.69) is 47.6 Å². The first-order chi connectivity index (χ1) is 16.0. The summed E-state index contributed by atoms with van der Waals surface area (Å²) in [6, 6.07) is 19.3. The van der Waals surface area contributed by atoms with Crippen LogP contribution in [0.5, 0.6) is 17.4 Å². The van der Waals surface area contributed by atoms with Gasteiger partial charge in [0.25, 0.3) is 5.91 Å². The predicted molar refractivity (Wildman–Crippen MR) is 126 cm³/mol. The summed E-state index contributed by atoms with van der Waals surface area (Å²) in [6.45, 7) is 5.96. The molecular formula is C26H23N3O4. The molecule has 33 heavy (non-hydrogen) atoms. The van der Waals surface area contributed by atoms with Crippen LogP contribution in [0.3, 0.4) is 0 Å². The normalized spacial score (nSPS) is 13.1. The smallest absolute Gasteiger partial charge is 0.265 e. The molecule has 0 radical (unpaired) electrons. The van der Waals surface area contributed by atoms with Gasteiger partial charge in [0.05, 0.1) is 0 Å². The SMILES string of the molecule is Cc1ccc(C)c(-c2nnc(O[C@H](C)C(=O)Nc3ccc4c(c3)OCO4)c3ccccc23)c1. The van der Waals surface area contributed by atoms with E-state index in [1.165, 1.54) is 0 Å². The van der Waals surface area contributed by atoms with Gasteiger partial charge in [-0.05, 0) is 50.6 Å². The molecule has 1 amide bonds. The monoisotopic (exact) mass is 441 g/mol. The average molecular weight is 441 g/mol. The molecule has 0 fully saturated rings. The summed E-state index contributed by atoms with van der Waals surface area (Å²) < 4.78 is 16.6. The molecule has 1 aromatic heterocycles. The number of amides is 1. The number of nitrogens with zero attached hydrogens (tertiary/aromatic N) is 2. The van der Waals surface area contributed by atoms with Gasteiger partial charge in [-0.15, -0.1) is 10.2 Å². The highest BCUT2D eigenvalue weighted by molar-refractivity contribution is 5.98. The maximum absolute atomic E-state index is 12.8. The van der Waals surface area contributed by atoms with E-state index >= 15 is 0 Å². The van der Waals surface area contributed by atoms with Crippen molar-refractivity contribution in [1.29, 1.82) is 0 Å². The van der Waals surface area contributed by atoms with Crippen LogP contribution in [0.25, 0.3) is 22.0 Å². The summed E-state index contributed by atoms with van der Waals surface area (Å²) in [5, 5.41) is 13.4. The number of anilines is 1. The first-order valence-electron chi connectivity index (χ1n) is 10.7. The number of aryl methyl sites for hydroxylation is 2. The van der Waals surface area contributed by atoms with Gasteiger partial charge in [-0.3, -0.25) is 4.79 Å². The Morgan fingerprint density at radius 2 is 1.76 bits per heavy atom. The second kappa shape index (κ2) is 8.43. The summed E-state index contributed by atoms with van der Waals surface area (Å²) >= 11 is 0. The summed E-state index contributed by atoms with van der Waals surface area (Å²) in [4.78, 5) is 12.8. The Labute approximate surface area is 191 Å². The van der Waals surface area contributed by atoms with Gasteiger partial charge in [0.1, 0.15) is 5.69 Å². The van der Waals surface area contributed by atoms with Gasteiger partial charge in [-0.25, -0.2) is 0 Å². The van der Waals surface area contributed by atoms with Gasteiger partial charge in [0, 0.05) is 28.1 Å². The molecular weight excluding hydrogens is 418 g/mol. The predicted octanol–water partition coefficient (Wildman–Crippen LogP) is 5.05. The molecule has 0 unspecified atom stereocenters. The lowest BCUT2D eigenvalue weighted by atomic mass is 9.99. The summed E-state index contributed by atoms with van der Waals surface area (Å²) in [7, 11) is 0. The number of ether oxygens (including phenoxy) is 3. The van der Waals surface area contributed by atoms with Gasteiger partial charge >= 0.3 is 0 Å². The first kappa shape index (κ1) is 20.8. The molecule has 0 saturated heterocycles. The van der Waals surface area contributed by atoms with Crippen molar-refractivity contribution in [1.82, 2.24) is 10.2 Å². The van der Waals surface area contributed by atoms with Crippen molar-refractivity contribution < 1.29 is 19.0 Å². The van der Waals surface area contributed by atoms with E-state index in [9.17, 15) is 4.79 Å². The Morgan fingerprint density at radius 3 is 2.61 bits per heavy atom. The van der Waals surface area contributed by atoms with Crippen LogP contribution < -0.4 is 19.5 Å². The van der Waals surface area contributed by atoms with Crippen LogP contribution >= 0.6 is 0 Å². The van der Waals surface area contributed by atoms with E-state index in [0.717, 1.165) is 33.2 Å². The van der Waals surface area contributed by atoms with Crippen molar-refractivity contribution in [3.8, 4) is 28.6 Å². The number of hydrogen-bond acceptors (Lipinski definition) is 6. The molecule has 7 heteroatoms. The molecule has 1 aliphatic rings. The minimum Gasteiger partial charge on any atom is -0.463 e. The Bertz CT molecular complexity index is 1370. The van der Waals surface area contributed by atoms with Gasteiger partial charge in [-0.1, -0.05) is 35.9 Å². The quantitative estimate of drug-likeness (QED) is 0.467. The van der Waals surface area contributed by atoms with Crippen LogP contribution in [0, 0.1) is 13.8 Å². The van der Waals surface area contributed by atoms with Gasteiger partial charge in [0.15, 0.2) is 17.6 Å². The zero-order chi connectivity index (χ0) is 22.9.